The average molecular weight is 298 g/mol. The number of hydrogen-bond acceptors (Lipinski definition) is 5. The molecule has 0 aliphatic carbocycles. The molecule has 5 nitrogen and oxygen atoms in total. The number of hydrogen-bond donors (Lipinski definition) is 1. The fraction of sp³-hybridized carbons (Fsp3) is 0.273. The summed E-state index contributed by atoms with van der Waals surface area (Å²) in [7, 11) is 3.43. The van der Waals surface area contributed by atoms with Crippen molar-refractivity contribution < 1.29 is 9.15 Å². The fourth-order valence-corrected chi connectivity index (χ4v) is 1.78. The van der Waals surface area contributed by atoms with Crippen LogP contribution in [0.5, 0.6) is 0 Å². The normalized spacial score (nSPS) is 10.5. The number of halogens is 1. The van der Waals surface area contributed by atoms with Gasteiger partial charge in [-0.2, -0.15) is 0 Å². The Morgan fingerprint density at radius 2 is 2.29 bits per heavy atom. The van der Waals surface area contributed by atoms with Gasteiger partial charge in [-0.1, -0.05) is 0 Å². The summed E-state index contributed by atoms with van der Waals surface area (Å²) in [5.41, 5.74) is 0.796. The van der Waals surface area contributed by atoms with Crippen molar-refractivity contribution in [2.45, 2.75) is 6.61 Å². The Balaban J connectivity index is 2.46. The average Bonchev–Trinajstić information content (AvgIpc) is 2.75. The van der Waals surface area contributed by atoms with Gasteiger partial charge in [0.15, 0.2) is 11.6 Å². The smallest absolute Gasteiger partial charge is 0.199 e. The molecule has 90 valence electrons. The second-order valence-electron chi connectivity index (χ2n) is 3.35. The van der Waals surface area contributed by atoms with E-state index in [0.29, 0.717) is 18.2 Å². The van der Waals surface area contributed by atoms with Gasteiger partial charge in [-0.05, 0) is 22.0 Å². The molecule has 0 saturated heterocycles. The molecule has 0 amide bonds. The molecule has 17 heavy (non-hydrogen) atoms. The van der Waals surface area contributed by atoms with E-state index >= 15 is 0 Å². The van der Waals surface area contributed by atoms with Gasteiger partial charge in [-0.25, -0.2) is 9.97 Å². The maximum absolute atomic E-state index is 5.34. The summed E-state index contributed by atoms with van der Waals surface area (Å²) in [6, 6.07) is 3.64. The van der Waals surface area contributed by atoms with Gasteiger partial charge in [0.05, 0.1) is 23.0 Å². The second kappa shape index (κ2) is 5.29. The fourth-order valence-electron chi connectivity index (χ4n) is 1.40. The van der Waals surface area contributed by atoms with Gasteiger partial charge >= 0.3 is 0 Å². The molecule has 2 rings (SSSR count). The van der Waals surface area contributed by atoms with Crippen LogP contribution in [0, 0.1) is 0 Å². The maximum Gasteiger partial charge on any atom is 0.199 e. The minimum atomic E-state index is 0.433. The number of nitrogens with one attached hydrogen (secondary N) is 1. The Kier molecular flexibility index (Phi) is 3.75. The number of nitrogens with zero attached hydrogens (tertiary/aromatic N) is 2. The van der Waals surface area contributed by atoms with Crippen molar-refractivity contribution in [1.29, 1.82) is 0 Å². The number of aromatic nitrogens is 2. The quantitative estimate of drug-likeness (QED) is 0.940. The van der Waals surface area contributed by atoms with Crippen LogP contribution in [0.2, 0.25) is 0 Å². The van der Waals surface area contributed by atoms with Crippen LogP contribution in [0.15, 0.2) is 27.3 Å². The van der Waals surface area contributed by atoms with E-state index in [0.717, 1.165) is 16.0 Å². The highest BCUT2D eigenvalue weighted by Crippen LogP contribution is 2.27. The van der Waals surface area contributed by atoms with Gasteiger partial charge in [0.25, 0.3) is 0 Å². The van der Waals surface area contributed by atoms with E-state index in [1.54, 1.807) is 26.5 Å². The van der Waals surface area contributed by atoms with E-state index in [1.165, 1.54) is 0 Å². The summed E-state index contributed by atoms with van der Waals surface area (Å²) in [5.74, 6) is 1.87. The van der Waals surface area contributed by atoms with Gasteiger partial charge in [-0.3, -0.25) is 0 Å². The lowest BCUT2D eigenvalue weighted by atomic mass is 10.3. The van der Waals surface area contributed by atoms with Crippen LogP contribution in [0.25, 0.3) is 11.6 Å². The van der Waals surface area contributed by atoms with E-state index in [1.807, 2.05) is 6.07 Å². The lowest BCUT2D eigenvalue weighted by Crippen LogP contribution is -2.01. The first-order valence-electron chi connectivity index (χ1n) is 5.02. The molecule has 0 unspecified atom stereocenters. The molecule has 2 heterocycles. The first-order chi connectivity index (χ1) is 8.24. The Morgan fingerprint density at radius 3 is 2.88 bits per heavy atom. The molecular formula is C11H12BrN3O2. The van der Waals surface area contributed by atoms with Crippen LogP contribution in [0.1, 0.15) is 5.69 Å². The van der Waals surface area contributed by atoms with Crippen molar-refractivity contribution in [1.82, 2.24) is 9.97 Å². The van der Waals surface area contributed by atoms with E-state index < -0.39 is 0 Å². The van der Waals surface area contributed by atoms with Crippen LogP contribution >= 0.6 is 15.9 Å². The molecule has 2 aromatic heterocycles. The summed E-state index contributed by atoms with van der Waals surface area (Å²) in [6.07, 6.45) is 1.59. The van der Waals surface area contributed by atoms with Gasteiger partial charge in [-0.15, -0.1) is 0 Å². The number of anilines is 1. The molecule has 0 fully saturated rings. The molecular weight excluding hydrogens is 286 g/mol. The molecule has 0 atom stereocenters. The zero-order chi connectivity index (χ0) is 12.3. The van der Waals surface area contributed by atoms with Crippen LogP contribution in [0.3, 0.4) is 0 Å². The third-order valence-corrected chi connectivity index (χ3v) is 2.77. The zero-order valence-electron chi connectivity index (χ0n) is 9.53. The molecule has 0 radical (unpaired) electrons. The summed E-state index contributed by atoms with van der Waals surface area (Å²) in [5, 5.41) is 2.98. The topological polar surface area (TPSA) is 60.2 Å². The lowest BCUT2D eigenvalue weighted by molar-refractivity contribution is 0.181. The van der Waals surface area contributed by atoms with Crippen molar-refractivity contribution in [3.63, 3.8) is 0 Å². The number of methoxy groups -OCH3 is 1. The van der Waals surface area contributed by atoms with Gasteiger partial charge in [0.2, 0.25) is 0 Å². The van der Waals surface area contributed by atoms with Gasteiger partial charge in [0, 0.05) is 20.2 Å². The molecule has 0 bridgehead atoms. The highest BCUT2D eigenvalue weighted by atomic mass is 79.9. The predicted octanol–water partition coefficient (Wildman–Crippen LogP) is 2.69. The molecule has 0 saturated carbocycles. The SMILES string of the molecule is CNc1cc(COC)nc(-c2occc2Br)n1. The van der Waals surface area contributed by atoms with Crippen LogP contribution in [-0.4, -0.2) is 24.1 Å². The largest absolute Gasteiger partial charge is 0.460 e. The molecule has 0 spiro atoms. The maximum atomic E-state index is 5.34. The molecule has 0 aliphatic heterocycles. The zero-order valence-corrected chi connectivity index (χ0v) is 11.1. The van der Waals surface area contributed by atoms with Crippen LogP contribution < -0.4 is 5.32 Å². The van der Waals surface area contributed by atoms with Gasteiger partial charge < -0.3 is 14.5 Å². The number of rotatable bonds is 4. The van der Waals surface area contributed by atoms with E-state index in [-0.39, 0.29) is 0 Å². The molecule has 6 heteroatoms. The monoisotopic (exact) mass is 297 g/mol. The van der Waals surface area contributed by atoms with E-state index in [2.05, 4.69) is 31.2 Å². The molecule has 0 aromatic carbocycles. The Labute approximate surface area is 107 Å². The standard InChI is InChI=1S/C11H12BrN3O2/c1-13-9-5-7(6-16-2)14-11(15-9)10-8(12)3-4-17-10/h3-5H,6H2,1-2H3,(H,13,14,15). The van der Waals surface area contributed by atoms with Crippen molar-refractivity contribution in [2.75, 3.05) is 19.5 Å². The highest BCUT2D eigenvalue weighted by Gasteiger charge is 2.12. The van der Waals surface area contributed by atoms with Crippen molar-refractivity contribution >= 4 is 21.7 Å². The molecule has 1 N–H and O–H groups in total. The van der Waals surface area contributed by atoms with E-state index in [4.69, 9.17) is 9.15 Å². The van der Waals surface area contributed by atoms with Crippen molar-refractivity contribution in [2.24, 2.45) is 0 Å². The number of ether oxygens (including phenoxy) is 1. The molecule has 0 aliphatic rings. The Bertz CT molecular complexity index is 513. The predicted molar refractivity (Wildman–Crippen MR) is 67.7 cm³/mol. The third-order valence-electron chi connectivity index (χ3n) is 2.15. The first kappa shape index (κ1) is 12.1. The second-order valence-corrected chi connectivity index (χ2v) is 4.20. The highest BCUT2D eigenvalue weighted by molar-refractivity contribution is 9.10. The Morgan fingerprint density at radius 1 is 1.47 bits per heavy atom. The summed E-state index contributed by atoms with van der Waals surface area (Å²) >= 11 is 3.39. The van der Waals surface area contributed by atoms with Gasteiger partial charge in [0.1, 0.15) is 5.82 Å². The lowest BCUT2D eigenvalue weighted by Gasteiger charge is -2.06. The molecule has 2 aromatic rings. The van der Waals surface area contributed by atoms with Crippen molar-refractivity contribution in [3.05, 3.63) is 28.6 Å². The van der Waals surface area contributed by atoms with Crippen LogP contribution in [0.4, 0.5) is 5.82 Å². The van der Waals surface area contributed by atoms with Crippen molar-refractivity contribution in [3.8, 4) is 11.6 Å². The first-order valence-corrected chi connectivity index (χ1v) is 5.82. The number of furan rings is 1. The summed E-state index contributed by atoms with van der Waals surface area (Å²) in [6.45, 7) is 0.433. The minimum absolute atomic E-state index is 0.433. The Hall–Kier alpha value is -1.40. The summed E-state index contributed by atoms with van der Waals surface area (Å²) in [4.78, 5) is 8.71. The third kappa shape index (κ3) is 2.65. The summed E-state index contributed by atoms with van der Waals surface area (Å²) < 4.78 is 11.2. The van der Waals surface area contributed by atoms with Crippen LogP contribution in [-0.2, 0) is 11.3 Å². The minimum Gasteiger partial charge on any atom is -0.460 e. The van der Waals surface area contributed by atoms with E-state index in [9.17, 15) is 0 Å².